The molecule has 0 amide bonds. The van der Waals surface area contributed by atoms with Crippen molar-refractivity contribution < 1.29 is 0 Å². The highest BCUT2D eigenvalue weighted by Gasteiger charge is 2.24. The molecule has 0 unspecified atom stereocenters. The molecule has 0 N–H and O–H groups in total. The molecule has 3 fully saturated rings. The Morgan fingerprint density at radius 2 is 0.481 bits per heavy atom. The lowest BCUT2D eigenvalue weighted by molar-refractivity contribution is 0.473. The Balaban J connectivity index is 1.36. The first-order chi connectivity index (χ1) is 13.4. The summed E-state index contributed by atoms with van der Waals surface area (Å²) < 4.78 is 0. The third-order valence-electron chi connectivity index (χ3n) is 8.48. The van der Waals surface area contributed by atoms with Crippen molar-refractivity contribution in [2.75, 3.05) is 0 Å². The van der Waals surface area contributed by atoms with Gasteiger partial charge >= 0.3 is 0 Å². The topological polar surface area (TPSA) is 0 Å². The normalized spacial score (nSPS) is 31.3. The van der Waals surface area contributed by atoms with E-state index in [0.29, 0.717) is 0 Å². The Bertz CT molecular complexity index is 341. The lowest BCUT2D eigenvalue weighted by Gasteiger charge is -2.29. The van der Waals surface area contributed by atoms with Crippen LogP contribution in [0.15, 0.2) is 0 Å². The van der Waals surface area contributed by atoms with E-state index in [4.69, 9.17) is 0 Å². The van der Waals surface area contributed by atoms with E-state index >= 15 is 0 Å². The summed E-state index contributed by atoms with van der Waals surface area (Å²) >= 11 is 0. The van der Waals surface area contributed by atoms with Crippen LogP contribution < -0.4 is 0 Å². The zero-order valence-electron chi connectivity index (χ0n) is 18.6. The lowest BCUT2D eigenvalue weighted by Crippen LogP contribution is -2.17. The molecule has 3 saturated carbocycles. The van der Waals surface area contributed by atoms with Gasteiger partial charge in [0.15, 0.2) is 0 Å². The minimum atomic E-state index is 1.08. The van der Waals surface area contributed by atoms with Crippen molar-refractivity contribution in [1.29, 1.82) is 0 Å². The van der Waals surface area contributed by atoms with Crippen LogP contribution in [0.1, 0.15) is 135 Å². The van der Waals surface area contributed by atoms with Crippen LogP contribution in [0.5, 0.6) is 0 Å². The van der Waals surface area contributed by atoms with Crippen molar-refractivity contribution in [1.82, 2.24) is 0 Å². The summed E-state index contributed by atoms with van der Waals surface area (Å²) in [5.74, 6) is 4.33. The lowest BCUT2D eigenvalue weighted by atomic mass is 9.47. The molecule has 3 rings (SSSR count). The molecule has 3 aliphatic carbocycles. The van der Waals surface area contributed by atoms with E-state index in [0.717, 1.165) is 23.3 Å². The molecule has 0 heterocycles. The van der Waals surface area contributed by atoms with E-state index in [2.05, 4.69) is 0 Å². The first-order valence-corrected chi connectivity index (χ1v) is 13.4. The second kappa shape index (κ2) is 13.4. The molecule has 0 saturated heterocycles. The van der Waals surface area contributed by atoms with Gasteiger partial charge in [-0.1, -0.05) is 158 Å². The van der Waals surface area contributed by atoms with Gasteiger partial charge in [0, 0.05) is 0 Å². The molecule has 0 nitrogen and oxygen atoms in total. The van der Waals surface area contributed by atoms with Crippen molar-refractivity contribution in [3.63, 3.8) is 0 Å². The molecular weight excluding hydrogens is 322 g/mol. The molecule has 0 aliphatic heterocycles. The monoisotopic (exact) mass is 370 g/mol. The van der Waals surface area contributed by atoms with E-state index in [1.165, 1.54) is 70.6 Å². The van der Waals surface area contributed by atoms with Crippen molar-refractivity contribution >= 4 is 14.6 Å². The van der Waals surface area contributed by atoms with Crippen LogP contribution in [-0.4, -0.2) is 14.6 Å². The molecule has 27 heavy (non-hydrogen) atoms. The summed E-state index contributed by atoms with van der Waals surface area (Å²) in [5, 5.41) is 0. The van der Waals surface area contributed by atoms with Gasteiger partial charge in [-0.25, -0.2) is 0 Å². The smallest absolute Gasteiger partial charge is 0.0654 e. The number of hydrogen-bond donors (Lipinski definition) is 0. The van der Waals surface area contributed by atoms with Gasteiger partial charge < -0.3 is 0 Å². The van der Waals surface area contributed by atoms with Gasteiger partial charge in [-0.15, -0.1) is 0 Å². The summed E-state index contributed by atoms with van der Waals surface area (Å²) in [6.45, 7) is 0. The van der Waals surface area contributed by atoms with Gasteiger partial charge in [0.2, 0.25) is 0 Å². The van der Waals surface area contributed by atoms with Crippen molar-refractivity contribution in [3.8, 4) is 0 Å². The Hall–Kier alpha value is 0.130. The van der Waals surface area contributed by atoms with Gasteiger partial charge in [0.05, 0.1) is 0 Å². The van der Waals surface area contributed by atoms with E-state index in [1.807, 2.05) is 0 Å². The predicted octanol–water partition coefficient (Wildman–Crippen LogP) is 8.25. The summed E-state index contributed by atoms with van der Waals surface area (Å²) in [6, 6.07) is 0. The fourth-order valence-corrected chi connectivity index (χ4v) is 6.82. The Morgan fingerprint density at radius 3 is 0.778 bits per heavy atom. The molecule has 0 aromatic rings. The number of rotatable bonds is 4. The average molecular weight is 370 g/mol. The molecule has 0 bridgehead atoms. The van der Waals surface area contributed by atoms with Gasteiger partial charge in [-0.3, -0.25) is 0 Å². The average Bonchev–Trinajstić information content (AvgIpc) is 2.75. The number of hydrogen-bond acceptors (Lipinski definition) is 0. The maximum Gasteiger partial charge on any atom is 0.127 e. The second-order valence-electron chi connectivity index (χ2n) is 10.8. The van der Waals surface area contributed by atoms with Crippen LogP contribution in [0.3, 0.4) is 0 Å². The Kier molecular flexibility index (Phi) is 10.8. The molecule has 0 aromatic carbocycles. The molecule has 3 aliphatic rings. The zero-order chi connectivity index (χ0) is 18.6. The van der Waals surface area contributed by atoms with Gasteiger partial charge in [-0.05, 0) is 0 Å². The first kappa shape index (κ1) is 21.8. The zero-order valence-corrected chi connectivity index (χ0v) is 18.6. The fraction of sp³-hybridized carbons (Fsp3) is 1.00. The van der Waals surface area contributed by atoms with Crippen LogP contribution in [-0.2, 0) is 0 Å². The summed E-state index contributed by atoms with van der Waals surface area (Å²) in [5.41, 5.74) is 0. The maximum absolute atomic E-state index is 1.59. The molecule has 0 aromatic heterocycles. The highest BCUT2D eigenvalue weighted by molar-refractivity contribution is 6.40. The van der Waals surface area contributed by atoms with Crippen LogP contribution in [0, 0.1) is 0 Å². The molecule has 154 valence electrons. The molecule has 2 heteroatoms. The summed E-state index contributed by atoms with van der Waals surface area (Å²) in [4.78, 5) is 0. The molecular formula is C25H48B2. The second-order valence-corrected chi connectivity index (χ2v) is 10.8. The van der Waals surface area contributed by atoms with E-state index in [1.54, 1.807) is 78.8 Å². The fourth-order valence-electron chi connectivity index (χ4n) is 6.82. The van der Waals surface area contributed by atoms with Gasteiger partial charge in [-0.2, -0.15) is 0 Å². The predicted molar refractivity (Wildman–Crippen MR) is 126 cm³/mol. The highest BCUT2D eigenvalue weighted by atomic mass is 14.2. The van der Waals surface area contributed by atoms with E-state index in [-0.39, 0.29) is 0 Å². The van der Waals surface area contributed by atoms with Crippen molar-refractivity contribution in [2.45, 2.75) is 158 Å². The van der Waals surface area contributed by atoms with Crippen molar-refractivity contribution in [2.24, 2.45) is 0 Å². The Labute approximate surface area is 172 Å². The quantitative estimate of drug-likeness (QED) is 0.437. The SMILES string of the molecule is B(C1CCCCCCCC1)C1CCCC(BC2CCCCCCC2)CCC1. The van der Waals surface area contributed by atoms with E-state index in [9.17, 15) is 0 Å². The van der Waals surface area contributed by atoms with Gasteiger partial charge in [0.1, 0.15) is 14.6 Å². The standard InChI is InChI=1S/C25H48B2/c1-2-5-9-15-22(14-8-4-1)26-24-18-12-20-25(21-13-19-24)27-23-16-10-6-3-7-11-17-23/h22-27H,1-21H2. The van der Waals surface area contributed by atoms with Crippen LogP contribution >= 0.6 is 0 Å². The third kappa shape index (κ3) is 8.99. The molecule has 0 atom stereocenters. The van der Waals surface area contributed by atoms with Crippen LogP contribution in [0.2, 0.25) is 23.3 Å². The highest BCUT2D eigenvalue weighted by Crippen LogP contribution is 2.38. The Morgan fingerprint density at radius 1 is 0.259 bits per heavy atom. The maximum atomic E-state index is 1.59. The molecule has 0 spiro atoms. The summed E-state index contributed by atoms with van der Waals surface area (Å²) in [6.07, 6.45) is 32.3. The largest absolute Gasteiger partial charge is 0.127 e. The van der Waals surface area contributed by atoms with Gasteiger partial charge in [0.25, 0.3) is 0 Å². The minimum absolute atomic E-state index is 1.08. The van der Waals surface area contributed by atoms with Crippen molar-refractivity contribution in [3.05, 3.63) is 0 Å². The van der Waals surface area contributed by atoms with Crippen LogP contribution in [0.4, 0.5) is 0 Å². The third-order valence-corrected chi connectivity index (χ3v) is 8.48. The minimum Gasteiger partial charge on any atom is -0.0654 e. The van der Waals surface area contributed by atoms with Crippen LogP contribution in [0.25, 0.3) is 0 Å². The summed E-state index contributed by atoms with van der Waals surface area (Å²) in [7, 11) is 3.18. The van der Waals surface area contributed by atoms with E-state index < -0.39 is 0 Å². The first-order valence-electron chi connectivity index (χ1n) is 13.4. The molecule has 0 radical (unpaired) electrons.